The highest BCUT2D eigenvalue weighted by molar-refractivity contribution is 5.55. The van der Waals surface area contributed by atoms with Crippen molar-refractivity contribution in [2.75, 3.05) is 24.5 Å². The molecule has 2 rings (SSSR count). The average Bonchev–Trinajstić information content (AvgIpc) is 2.64. The van der Waals surface area contributed by atoms with Crippen molar-refractivity contribution in [1.29, 1.82) is 0 Å². The maximum atomic E-state index is 3.79. The Kier molecular flexibility index (Phi) is 4.51. The fourth-order valence-corrected chi connectivity index (χ4v) is 3.11. The average molecular weight is 260 g/mol. The summed E-state index contributed by atoms with van der Waals surface area (Å²) in [5.41, 5.74) is 4.46. The number of anilines is 1. The molecule has 0 bridgehead atoms. The summed E-state index contributed by atoms with van der Waals surface area (Å²) < 4.78 is 0. The molecule has 1 aliphatic heterocycles. The predicted molar refractivity (Wildman–Crippen MR) is 84.1 cm³/mol. The lowest BCUT2D eigenvalue weighted by atomic mass is 9.92. The summed E-state index contributed by atoms with van der Waals surface area (Å²) in [7, 11) is 0. The zero-order chi connectivity index (χ0) is 13.9. The molecule has 106 valence electrons. The van der Waals surface area contributed by atoms with Gasteiger partial charge in [-0.15, -0.1) is 0 Å². The first kappa shape index (κ1) is 14.4. The largest absolute Gasteiger partial charge is 0.369 e. The van der Waals surface area contributed by atoms with Crippen LogP contribution in [-0.2, 0) is 0 Å². The number of benzene rings is 1. The van der Waals surface area contributed by atoms with E-state index in [0.29, 0.717) is 0 Å². The molecule has 0 aliphatic carbocycles. The molecule has 1 heterocycles. The molecule has 2 heteroatoms. The highest BCUT2D eigenvalue weighted by Gasteiger charge is 2.30. The molecular weight excluding hydrogens is 232 g/mol. The second-order valence-electron chi connectivity index (χ2n) is 5.98. The van der Waals surface area contributed by atoms with Crippen LogP contribution < -0.4 is 10.2 Å². The van der Waals surface area contributed by atoms with Gasteiger partial charge in [0.25, 0.3) is 0 Å². The van der Waals surface area contributed by atoms with E-state index in [1.54, 1.807) is 0 Å². The van der Waals surface area contributed by atoms with Crippen LogP contribution in [0.25, 0.3) is 0 Å². The summed E-state index contributed by atoms with van der Waals surface area (Å²) in [5.74, 6) is 0. The smallest absolute Gasteiger partial charge is 0.0399 e. The van der Waals surface area contributed by atoms with E-state index in [2.05, 4.69) is 56.1 Å². The van der Waals surface area contributed by atoms with Crippen LogP contribution in [0.1, 0.15) is 44.2 Å². The van der Waals surface area contributed by atoms with Gasteiger partial charge in [-0.3, -0.25) is 0 Å². The fourth-order valence-electron chi connectivity index (χ4n) is 3.11. The zero-order valence-corrected chi connectivity index (χ0v) is 12.9. The first-order valence-electron chi connectivity index (χ1n) is 7.67. The summed E-state index contributed by atoms with van der Waals surface area (Å²) >= 11 is 0. The van der Waals surface area contributed by atoms with Gasteiger partial charge in [0.15, 0.2) is 0 Å². The lowest BCUT2D eigenvalue weighted by Gasteiger charge is -2.37. The first-order chi connectivity index (χ1) is 9.10. The number of hydrogen-bond acceptors (Lipinski definition) is 2. The third kappa shape index (κ3) is 3.11. The van der Waals surface area contributed by atoms with Gasteiger partial charge in [-0.2, -0.15) is 0 Å². The van der Waals surface area contributed by atoms with Crippen molar-refractivity contribution < 1.29 is 0 Å². The predicted octanol–water partition coefficient (Wildman–Crippen LogP) is 3.66. The lowest BCUT2D eigenvalue weighted by Crippen LogP contribution is -2.50. The van der Waals surface area contributed by atoms with Gasteiger partial charge in [-0.1, -0.05) is 26.0 Å². The van der Waals surface area contributed by atoms with Crippen molar-refractivity contribution in [2.24, 2.45) is 0 Å². The molecule has 0 atom stereocenters. The lowest BCUT2D eigenvalue weighted by molar-refractivity contribution is 0.321. The van der Waals surface area contributed by atoms with Crippen LogP contribution in [0.4, 0.5) is 5.69 Å². The molecule has 0 saturated carbocycles. The number of nitrogens with zero attached hydrogens (tertiary/aromatic N) is 1. The number of rotatable bonds is 3. The van der Waals surface area contributed by atoms with Crippen LogP contribution in [-0.4, -0.2) is 25.2 Å². The second-order valence-corrected chi connectivity index (χ2v) is 5.98. The molecule has 0 unspecified atom stereocenters. The molecule has 1 saturated heterocycles. The van der Waals surface area contributed by atoms with E-state index in [1.165, 1.54) is 42.6 Å². The Bertz CT molecular complexity index is 421. The maximum absolute atomic E-state index is 3.79. The van der Waals surface area contributed by atoms with Crippen molar-refractivity contribution in [2.45, 2.75) is 52.5 Å². The molecule has 2 nitrogen and oxygen atoms in total. The van der Waals surface area contributed by atoms with E-state index < -0.39 is 0 Å². The first-order valence-corrected chi connectivity index (χ1v) is 7.67. The minimum absolute atomic E-state index is 0.284. The van der Waals surface area contributed by atoms with E-state index in [0.717, 1.165) is 13.1 Å². The van der Waals surface area contributed by atoms with Gasteiger partial charge < -0.3 is 10.2 Å². The second kappa shape index (κ2) is 5.96. The van der Waals surface area contributed by atoms with Gasteiger partial charge in [-0.25, -0.2) is 0 Å². The molecule has 1 fully saturated rings. The van der Waals surface area contributed by atoms with Crippen LogP contribution in [0.2, 0.25) is 0 Å². The summed E-state index contributed by atoms with van der Waals surface area (Å²) in [5, 5.41) is 3.79. The number of aryl methyl sites for hydroxylation is 2. The van der Waals surface area contributed by atoms with E-state index >= 15 is 0 Å². The normalized spacial score (nSPS) is 19.3. The van der Waals surface area contributed by atoms with E-state index in [1.807, 2.05) is 0 Å². The highest BCUT2D eigenvalue weighted by Crippen LogP contribution is 2.27. The van der Waals surface area contributed by atoms with E-state index in [9.17, 15) is 0 Å². The Morgan fingerprint density at radius 3 is 2.63 bits per heavy atom. The van der Waals surface area contributed by atoms with Gasteiger partial charge in [0, 0.05) is 24.3 Å². The van der Waals surface area contributed by atoms with Crippen molar-refractivity contribution in [3.8, 4) is 0 Å². The Morgan fingerprint density at radius 2 is 1.95 bits per heavy atom. The van der Waals surface area contributed by atoms with Crippen LogP contribution in [0, 0.1) is 13.8 Å². The Labute approximate surface area is 118 Å². The van der Waals surface area contributed by atoms with Crippen LogP contribution >= 0.6 is 0 Å². The van der Waals surface area contributed by atoms with Crippen LogP contribution in [0.5, 0.6) is 0 Å². The number of hydrogen-bond donors (Lipinski definition) is 1. The van der Waals surface area contributed by atoms with Gasteiger partial charge in [0.05, 0.1) is 0 Å². The third-order valence-electron chi connectivity index (χ3n) is 4.66. The van der Waals surface area contributed by atoms with Gasteiger partial charge >= 0.3 is 0 Å². The third-order valence-corrected chi connectivity index (χ3v) is 4.66. The molecule has 0 aromatic heterocycles. The topological polar surface area (TPSA) is 15.3 Å². The van der Waals surface area contributed by atoms with Gasteiger partial charge in [0.1, 0.15) is 0 Å². The Balaban J connectivity index is 2.29. The van der Waals surface area contributed by atoms with Crippen molar-refractivity contribution in [1.82, 2.24) is 5.32 Å². The molecule has 1 aromatic rings. The van der Waals surface area contributed by atoms with Crippen LogP contribution in [0.3, 0.4) is 0 Å². The number of nitrogens with one attached hydrogen (secondary N) is 1. The Morgan fingerprint density at radius 1 is 1.21 bits per heavy atom. The standard InChI is InChI=1S/C17H28N2/c1-5-17(6-2)13-19(11-7-10-18-17)16-12-14(3)8-9-15(16)4/h8-9,12,18H,5-7,10-11,13H2,1-4H3. The summed E-state index contributed by atoms with van der Waals surface area (Å²) in [6.45, 7) is 12.5. The molecular formula is C17H28N2. The van der Waals surface area contributed by atoms with Crippen LogP contribution in [0.15, 0.2) is 18.2 Å². The van der Waals surface area contributed by atoms with Crippen molar-refractivity contribution in [3.05, 3.63) is 29.3 Å². The van der Waals surface area contributed by atoms with Crippen molar-refractivity contribution >= 4 is 5.69 Å². The molecule has 0 radical (unpaired) electrons. The van der Waals surface area contributed by atoms with E-state index in [-0.39, 0.29) is 5.54 Å². The Hall–Kier alpha value is -1.02. The zero-order valence-electron chi connectivity index (χ0n) is 12.9. The van der Waals surface area contributed by atoms with Gasteiger partial charge in [-0.05, 0) is 56.8 Å². The van der Waals surface area contributed by atoms with Gasteiger partial charge in [0.2, 0.25) is 0 Å². The molecule has 0 spiro atoms. The maximum Gasteiger partial charge on any atom is 0.0399 e. The SMILES string of the molecule is CCC1(CC)CN(c2cc(C)ccc2C)CCCN1. The summed E-state index contributed by atoms with van der Waals surface area (Å²) in [6, 6.07) is 6.81. The molecule has 1 N–H and O–H groups in total. The molecule has 1 aliphatic rings. The molecule has 19 heavy (non-hydrogen) atoms. The van der Waals surface area contributed by atoms with E-state index in [4.69, 9.17) is 0 Å². The molecule has 1 aromatic carbocycles. The van der Waals surface area contributed by atoms with Crippen molar-refractivity contribution in [3.63, 3.8) is 0 Å². The quantitative estimate of drug-likeness (QED) is 0.892. The summed E-state index contributed by atoms with van der Waals surface area (Å²) in [6.07, 6.45) is 3.63. The summed E-state index contributed by atoms with van der Waals surface area (Å²) in [4.78, 5) is 2.59. The monoisotopic (exact) mass is 260 g/mol. The minimum Gasteiger partial charge on any atom is -0.369 e. The highest BCUT2D eigenvalue weighted by atomic mass is 15.2. The fraction of sp³-hybridized carbons (Fsp3) is 0.647. The minimum atomic E-state index is 0.284. The molecule has 0 amide bonds.